The van der Waals surface area contributed by atoms with Gasteiger partial charge in [0, 0.05) is 21.3 Å². The lowest BCUT2D eigenvalue weighted by Crippen LogP contribution is -2.20. The topological polar surface area (TPSA) is 102 Å². The molecule has 4 aromatic rings. The Morgan fingerprint density at radius 1 is 1.12 bits per heavy atom. The number of benzene rings is 3. The molecule has 0 aliphatic rings. The number of hydrazone groups is 1. The summed E-state index contributed by atoms with van der Waals surface area (Å²) in [6, 6.07) is 22.5. The van der Waals surface area contributed by atoms with Crippen LogP contribution in [0.4, 0.5) is 0 Å². The maximum atomic E-state index is 12.4. The van der Waals surface area contributed by atoms with Crippen molar-refractivity contribution in [2.75, 3.05) is 12.9 Å². The van der Waals surface area contributed by atoms with Crippen LogP contribution in [0.1, 0.15) is 5.56 Å². The second-order valence-electron chi connectivity index (χ2n) is 6.96. The van der Waals surface area contributed by atoms with Gasteiger partial charge in [0.15, 0.2) is 22.5 Å². The lowest BCUT2D eigenvalue weighted by atomic mass is 10.2. The van der Waals surface area contributed by atoms with Gasteiger partial charge in [-0.15, -0.1) is 10.2 Å². The van der Waals surface area contributed by atoms with Crippen LogP contribution in [0.3, 0.4) is 0 Å². The summed E-state index contributed by atoms with van der Waals surface area (Å²) in [5.41, 5.74) is 4.68. The summed E-state index contributed by atoms with van der Waals surface area (Å²) in [4.78, 5) is 12.4. The molecule has 3 aromatic carbocycles. The fourth-order valence-corrected chi connectivity index (χ4v) is 4.11. The van der Waals surface area contributed by atoms with E-state index in [-0.39, 0.29) is 17.4 Å². The predicted molar refractivity (Wildman–Crippen MR) is 136 cm³/mol. The lowest BCUT2D eigenvalue weighted by Gasteiger charge is -2.10. The number of amides is 1. The number of methoxy groups -OCH3 is 1. The first kappa shape index (κ1) is 23.5. The van der Waals surface area contributed by atoms with Gasteiger partial charge in [-0.3, -0.25) is 9.36 Å². The summed E-state index contributed by atoms with van der Waals surface area (Å²) in [5.74, 6) is 0.707. The quantitative estimate of drug-likeness (QED) is 0.192. The first-order valence-corrected chi connectivity index (χ1v) is 11.9. The molecule has 0 unspecified atom stereocenters. The summed E-state index contributed by atoms with van der Waals surface area (Å²) in [7, 11) is 1.46. The Labute approximate surface area is 208 Å². The average Bonchev–Trinajstić information content (AvgIpc) is 3.29. The maximum Gasteiger partial charge on any atom is 0.250 e. The van der Waals surface area contributed by atoms with Crippen LogP contribution in [-0.4, -0.2) is 44.9 Å². The molecule has 34 heavy (non-hydrogen) atoms. The van der Waals surface area contributed by atoms with Crippen LogP contribution in [-0.2, 0) is 4.79 Å². The minimum absolute atomic E-state index is 0.0474. The largest absolute Gasteiger partial charge is 0.504 e. The van der Waals surface area contributed by atoms with E-state index in [1.165, 1.54) is 25.1 Å². The van der Waals surface area contributed by atoms with Crippen LogP contribution in [0.25, 0.3) is 17.1 Å². The fraction of sp³-hybridized carbons (Fsp3) is 0.0833. The molecular formula is C24H20BrN5O3S. The summed E-state index contributed by atoms with van der Waals surface area (Å²) in [6.07, 6.45) is 1.36. The van der Waals surface area contributed by atoms with Gasteiger partial charge in [-0.05, 0) is 36.4 Å². The van der Waals surface area contributed by atoms with Crippen molar-refractivity contribution in [1.82, 2.24) is 20.2 Å². The van der Waals surface area contributed by atoms with E-state index in [1.807, 2.05) is 59.2 Å². The van der Waals surface area contributed by atoms with E-state index in [0.717, 1.165) is 15.7 Å². The number of aromatic nitrogens is 3. The van der Waals surface area contributed by atoms with Gasteiger partial charge < -0.3 is 9.84 Å². The number of hydrogen-bond acceptors (Lipinski definition) is 7. The molecule has 0 fully saturated rings. The Kier molecular flexibility index (Phi) is 7.61. The molecular weight excluding hydrogens is 518 g/mol. The second-order valence-corrected chi connectivity index (χ2v) is 8.82. The molecule has 0 radical (unpaired) electrons. The number of phenolic OH excluding ortho intramolecular Hbond substituents is 1. The number of nitrogens with zero attached hydrogens (tertiary/aromatic N) is 4. The van der Waals surface area contributed by atoms with E-state index < -0.39 is 0 Å². The van der Waals surface area contributed by atoms with Gasteiger partial charge in [-0.25, -0.2) is 5.43 Å². The van der Waals surface area contributed by atoms with Crippen molar-refractivity contribution in [2.24, 2.45) is 5.10 Å². The zero-order valence-electron chi connectivity index (χ0n) is 18.1. The fourth-order valence-electron chi connectivity index (χ4n) is 3.10. The number of aromatic hydroxyl groups is 1. The summed E-state index contributed by atoms with van der Waals surface area (Å²) in [6.45, 7) is 0. The average molecular weight is 538 g/mol. The Hall–Kier alpha value is -3.63. The lowest BCUT2D eigenvalue weighted by molar-refractivity contribution is -0.118. The van der Waals surface area contributed by atoms with Crippen LogP contribution in [0, 0.1) is 0 Å². The number of para-hydroxylation sites is 2. The number of hydrogen-bond donors (Lipinski definition) is 2. The number of rotatable bonds is 8. The number of halogens is 1. The number of nitrogens with one attached hydrogen (secondary N) is 1. The van der Waals surface area contributed by atoms with Crippen molar-refractivity contribution in [2.45, 2.75) is 5.16 Å². The molecule has 10 heteroatoms. The Balaban J connectivity index is 1.48. The summed E-state index contributed by atoms with van der Waals surface area (Å²) < 4.78 is 7.95. The first-order valence-electron chi connectivity index (χ1n) is 10.1. The molecule has 1 aromatic heterocycles. The normalized spacial score (nSPS) is 11.0. The van der Waals surface area contributed by atoms with E-state index >= 15 is 0 Å². The number of carbonyl (C=O) groups excluding carboxylic acids is 1. The predicted octanol–water partition coefficient (Wildman–Crippen LogP) is 4.65. The molecule has 0 aliphatic carbocycles. The molecule has 0 saturated heterocycles. The Morgan fingerprint density at radius 3 is 2.62 bits per heavy atom. The third kappa shape index (κ3) is 5.46. The van der Waals surface area contributed by atoms with Gasteiger partial charge >= 0.3 is 0 Å². The second kappa shape index (κ2) is 11.0. The van der Waals surface area contributed by atoms with Crippen molar-refractivity contribution < 1.29 is 14.6 Å². The third-order valence-corrected chi connectivity index (χ3v) is 6.18. The van der Waals surface area contributed by atoms with E-state index in [2.05, 4.69) is 36.7 Å². The molecule has 1 heterocycles. The molecule has 0 bridgehead atoms. The standard InChI is InChI=1S/C24H20BrN5O3S/c1-33-20-9-5-6-17(22(20)32)14-26-27-21(31)15-34-24-29-28-23(16-10-12-18(25)13-11-16)30(24)19-7-3-2-4-8-19/h2-14,32H,15H2,1H3,(H,27,31)/b26-14+. The summed E-state index contributed by atoms with van der Waals surface area (Å²) in [5, 5.41) is 23.3. The molecule has 0 spiro atoms. The molecule has 0 aliphatic heterocycles. The van der Waals surface area contributed by atoms with E-state index in [1.54, 1.807) is 18.2 Å². The highest BCUT2D eigenvalue weighted by Gasteiger charge is 2.17. The minimum atomic E-state index is -0.323. The van der Waals surface area contributed by atoms with Gasteiger partial charge in [0.1, 0.15) is 0 Å². The summed E-state index contributed by atoms with van der Waals surface area (Å²) >= 11 is 4.70. The van der Waals surface area contributed by atoms with Crippen molar-refractivity contribution >= 4 is 39.8 Å². The van der Waals surface area contributed by atoms with Gasteiger partial charge in [-0.1, -0.05) is 64.1 Å². The smallest absolute Gasteiger partial charge is 0.250 e. The van der Waals surface area contributed by atoms with Gasteiger partial charge in [-0.2, -0.15) is 5.10 Å². The number of ether oxygens (including phenoxy) is 1. The van der Waals surface area contributed by atoms with Gasteiger partial charge in [0.25, 0.3) is 5.91 Å². The minimum Gasteiger partial charge on any atom is -0.504 e. The van der Waals surface area contributed by atoms with Crippen molar-refractivity contribution in [3.8, 4) is 28.6 Å². The monoisotopic (exact) mass is 537 g/mol. The van der Waals surface area contributed by atoms with E-state index in [9.17, 15) is 9.90 Å². The molecule has 0 atom stereocenters. The van der Waals surface area contributed by atoms with E-state index in [0.29, 0.717) is 22.3 Å². The van der Waals surface area contributed by atoms with Crippen LogP contribution >= 0.6 is 27.7 Å². The van der Waals surface area contributed by atoms with Crippen molar-refractivity contribution in [1.29, 1.82) is 0 Å². The Bertz CT molecular complexity index is 1310. The highest BCUT2D eigenvalue weighted by atomic mass is 79.9. The van der Waals surface area contributed by atoms with Crippen molar-refractivity contribution in [3.63, 3.8) is 0 Å². The van der Waals surface area contributed by atoms with Crippen LogP contribution in [0.2, 0.25) is 0 Å². The number of phenols is 1. The van der Waals surface area contributed by atoms with Crippen LogP contribution in [0.5, 0.6) is 11.5 Å². The van der Waals surface area contributed by atoms with Crippen LogP contribution in [0.15, 0.2) is 87.5 Å². The molecule has 8 nitrogen and oxygen atoms in total. The van der Waals surface area contributed by atoms with Gasteiger partial charge in [0.05, 0.1) is 19.1 Å². The van der Waals surface area contributed by atoms with Crippen LogP contribution < -0.4 is 10.2 Å². The Morgan fingerprint density at radius 2 is 1.88 bits per heavy atom. The van der Waals surface area contributed by atoms with Crippen molar-refractivity contribution in [3.05, 3.63) is 82.8 Å². The highest BCUT2D eigenvalue weighted by molar-refractivity contribution is 9.10. The zero-order chi connectivity index (χ0) is 23.9. The SMILES string of the molecule is COc1cccc(/C=N/NC(=O)CSc2nnc(-c3ccc(Br)cc3)n2-c2ccccc2)c1O. The van der Waals surface area contributed by atoms with E-state index in [4.69, 9.17) is 4.74 Å². The number of carbonyl (C=O) groups is 1. The zero-order valence-corrected chi connectivity index (χ0v) is 20.5. The highest BCUT2D eigenvalue weighted by Crippen LogP contribution is 2.29. The van der Waals surface area contributed by atoms with Gasteiger partial charge in [0.2, 0.25) is 0 Å². The molecule has 4 rings (SSSR count). The molecule has 0 saturated carbocycles. The molecule has 2 N–H and O–H groups in total. The number of thioether (sulfide) groups is 1. The first-order chi connectivity index (χ1) is 16.6. The molecule has 172 valence electrons. The third-order valence-electron chi connectivity index (χ3n) is 4.73. The maximum absolute atomic E-state index is 12.4. The molecule has 1 amide bonds.